The Morgan fingerprint density at radius 1 is 1.18 bits per heavy atom. The van der Waals surface area contributed by atoms with Gasteiger partial charge in [0.15, 0.2) is 0 Å². The first-order valence-electron chi connectivity index (χ1n) is 7.07. The molecule has 0 saturated heterocycles. The third-order valence-corrected chi connectivity index (χ3v) is 5.58. The molecule has 2 aromatic carbocycles. The summed E-state index contributed by atoms with van der Waals surface area (Å²) in [6, 6.07) is 13.5. The van der Waals surface area contributed by atoms with Crippen LogP contribution in [0.4, 0.5) is 5.69 Å². The zero-order valence-corrected chi connectivity index (χ0v) is 14.4. The number of benzene rings is 2. The molecule has 1 atom stereocenters. The summed E-state index contributed by atoms with van der Waals surface area (Å²) in [5, 5.41) is 1.38. The van der Waals surface area contributed by atoms with Gasteiger partial charge in [0.25, 0.3) is 0 Å². The Labute approximate surface area is 144 Å². The summed E-state index contributed by atoms with van der Waals surface area (Å²) in [5.74, 6) is 0.543. The van der Waals surface area contributed by atoms with Gasteiger partial charge in [0.1, 0.15) is 0 Å². The molecule has 114 valence electrons. The van der Waals surface area contributed by atoms with Crippen LogP contribution in [-0.4, -0.2) is 18.2 Å². The first kappa shape index (κ1) is 15.7. The van der Waals surface area contributed by atoms with Crippen molar-refractivity contribution in [2.45, 2.75) is 12.2 Å². The van der Waals surface area contributed by atoms with Crippen molar-refractivity contribution >= 4 is 46.6 Å². The van der Waals surface area contributed by atoms with Gasteiger partial charge in [-0.1, -0.05) is 41.4 Å². The number of halogens is 2. The van der Waals surface area contributed by atoms with Gasteiger partial charge in [0, 0.05) is 22.3 Å². The highest BCUT2D eigenvalue weighted by atomic mass is 35.5. The highest BCUT2D eigenvalue weighted by Crippen LogP contribution is 2.45. The number of nitrogens with zero attached hydrogens (tertiary/aromatic N) is 1. The number of carbonyl (C=O) groups is 1. The number of rotatable bonds is 2. The lowest BCUT2D eigenvalue weighted by molar-refractivity contribution is -0.116. The van der Waals surface area contributed by atoms with Gasteiger partial charge in [-0.15, -0.1) is 11.8 Å². The topological polar surface area (TPSA) is 20.3 Å². The van der Waals surface area contributed by atoms with E-state index >= 15 is 0 Å². The first-order valence-corrected chi connectivity index (χ1v) is 8.88. The Balaban J connectivity index is 2.19. The molecule has 1 aliphatic heterocycles. The van der Waals surface area contributed by atoms with Crippen LogP contribution in [0.1, 0.15) is 23.3 Å². The number of anilines is 1. The molecular weight excluding hydrogens is 337 g/mol. The van der Waals surface area contributed by atoms with Crippen LogP contribution in [0.25, 0.3) is 0 Å². The van der Waals surface area contributed by atoms with E-state index in [-0.39, 0.29) is 11.2 Å². The number of hydrogen-bond acceptors (Lipinski definition) is 2. The van der Waals surface area contributed by atoms with Gasteiger partial charge in [0.05, 0.1) is 11.0 Å². The fraction of sp³-hybridized carbons (Fsp3) is 0.235. The molecule has 0 spiro atoms. The van der Waals surface area contributed by atoms with Crippen LogP contribution in [0.5, 0.6) is 0 Å². The molecule has 5 heteroatoms. The lowest BCUT2D eigenvalue weighted by atomic mass is 10.0. The molecule has 1 aliphatic rings. The van der Waals surface area contributed by atoms with E-state index in [0.717, 1.165) is 16.8 Å². The van der Waals surface area contributed by atoms with Crippen molar-refractivity contribution in [3.63, 3.8) is 0 Å². The van der Waals surface area contributed by atoms with Crippen LogP contribution in [0.2, 0.25) is 10.0 Å². The van der Waals surface area contributed by atoms with Crippen LogP contribution < -0.4 is 4.90 Å². The normalized spacial score (nSPS) is 18.0. The molecule has 0 aromatic heterocycles. The number of fused-ring (bicyclic) bond motifs is 1. The van der Waals surface area contributed by atoms with E-state index in [1.165, 1.54) is 0 Å². The van der Waals surface area contributed by atoms with Crippen LogP contribution >= 0.6 is 35.0 Å². The van der Waals surface area contributed by atoms with E-state index in [0.29, 0.717) is 22.3 Å². The van der Waals surface area contributed by atoms with Crippen LogP contribution in [-0.2, 0) is 4.79 Å². The van der Waals surface area contributed by atoms with Crippen LogP contribution in [0.3, 0.4) is 0 Å². The predicted octanol–water partition coefficient (Wildman–Crippen LogP) is 5.18. The molecule has 2 aromatic rings. The predicted molar refractivity (Wildman–Crippen MR) is 95.2 cm³/mol. The van der Waals surface area contributed by atoms with Crippen molar-refractivity contribution in [2.75, 3.05) is 17.2 Å². The third-order valence-electron chi connectivity index (χ3n) is 3.74. The van der Waals surface area contributed by atoms with Crippen molar-refractivity contribution in [3.8, 4) is 0 Å². The minimum absolute atomic E-state index is 0.00269. The molecule has 0 radical (unpaired) electrons. The van der Waals surface area contributed by atoms with E-state index in [4.69, 9.17) is 23.2 Å². The second-order valence-electron chi connectivity index (χ2n) is 5.05. The first-order chi connectivity index (χ1) is 10.6. The van der Waals surface area contributed by atoms with Gasteiger partial charge in [-0.05, 0) is 42.3 Å². The molecular formula is C17H15Cl2NOS. The maximum Gasteiger partial charge on any atom is 0.237 e. The Kier molecular flexibility index (Phi) is 4.67. The maximum atomic E-state index is 12.4. The Bertz CT molecular complexity index is 720. The van der Waals surface area contributed by atoms with E-state index in [1.807, 2.05) is 54.3 Å². The van der Waals surface area contributed by atoms with Crippen molar-refractivity contribution in [1.29, 1.82) is 0 Å². The molecule has 1 unspecified atom stereocenters. The number of hydrogen-bond donors (Lipinski definition) is 0. The van der Waals surface area contributed by atoms with Gasteiger partial charge in [-0.25, -0.2) is 0 Å². The molecule has 1 heterocycles. The summed E-state index contributed by atoms with van der Waals surface area (Å²) < 4.78 is 0. The molecule has 1 amide bonds. The molecule has 2 nitrogen and oxygen atoms in total. The summed E-state index contributed by atoms with van der Waals surface area (Å²) in [6.45, 7) is 2.63. The van der Waals surface area contributed by atoms with Gasteiger partial charge >= 0.3 is 0 Å². The quantitative estimate of drug-likeness (QED) is 0.742. The van der Waals surface area contributed by atoms with Crippen LogP contribution in [0, 0.1) is 0 Å². The monoisotopic (exact) mass is 351 g/mol. The van der Waals surface area contributed by atoms with Gasteiger partial charge in [-0.2, -0.15) is 0 Å². The molecule has 3 rings (SSSR count). The largest absolute Gasteiger partial charge is 0.312 e. The Morgan fingerprint density at radius 3 is 2.68 bits per heavy atom. The van der Waals surface area contributed by atoms with E-state index < -0.39 is 0 Å². The fourth-order valence-corrected chi connectivity index (χ4v) is 4.44. The maximum absolute atomic E-state index is 12.4. The third kappa shape index (κ3) is 2.85. The van der Waals surface area contributed by atoms with Crippen molar-refractivity contribution in [3.05, 3.63) is 63.6 Å². The highest BCUT2D eigenvalue weighted by molar-refractivity contribution is 8.00. The standard InChI is InChI=1S/C17H15Cl2NOS/c1-2-20-15-8-7-11(18)9-13(15)17(22-10-16(20)21)12-5-3-4-6-14(12)19/h3-9,17H,2,10H2,1H3. The molecule has 0 saturated carbocycles. The summed E-state index contributed by atoms with van der Waals surface area (Å²) in [7, 11) is 0. The van der Waals surface area contributed by atoms with Crippen LogP contribution in [0.15, 0.2) is 42.5 Å². The molecule has 22 heavy (non-hydrogen) atoms. The average Bonchev–Trinajstić information content (AvgIpc) is 2.64. The molecule has 0 N–H and O–H groups in total. The minimum atomic E-state index is 0.00269. The Hall–Kier alpha value is -1.16. The SMILES string of the molecule is CCN1C(=O)CSC(c2ccccc2Cl)c2cc(Cl)ccc21. The van der Waals surface area contributed by atoms with Crippen molar-refractivity contribution < 1.29 is 4.79 Å². The fourth-order valence-electron chi connectivity index (χ4n) is 2.73. The smallest absolute Gasteiger partial charge is 0.237 e. The number of carbonyl (C=O) groups excluding carboxylic acids is 1. The molecule has 0 aliphatic carbocycles. The number of thioether (sulfide) groups is 1. The highest BCUT2D eigenvalue weighted by Gasteiger charge is 2.29. The van der Waals surface area contributed by atoms with Gasteiger partial charge in [0.2, 0.25) is 5.91 Å². The van der Waals surface area contributed by atoms with Crippen molar-refractivity contribution in [1.82, 2.24) is 0 Å². The zero-order chi connectivity index (χ0) is 15.7. The average molecular weight is 352 g/mol. The van der Waals surface area contributed by atoms with E-state index in [2.05, 4.69) is 0 Å². The second kappa shape index (κ2) is 6.53. The molecule has 0 bridgehead atoms. The Morgan fingerprint density at radius 2 is 1.95 bits per heavy atom. The summed E-state index contributed by atoms with van der Waals surface area (Å²) in [5.41, 5.74) is 2.98. The van der Waals surface area contributed by atoms with Gasteiger partial charge in [-0.3, -0.25) is 4.79 Å². The minimum Gasteiger partial charge on any atom is -0.312 e. The second-order valence-corrected chi connectivity index (χ2v) is 6.99. The lowest BCUT2D eigenvalue weighted by Crippen LogP contribution is -2.31. The summed E-state index contributed by atoms with van der Waals surface area (Å²) >= 11 is 14.2. The molecule has 0 fully saturated rings. The number of amides is 1. The summed E-state index contributed by atoms with van der Waals surface area (Å²) in [4.78, 5) is 14.2. The van der Waals surface area contributed by atoms with E-state index in [1.54, 1.807) is 11.8 Å². The van der Waals surface area contributed by atoms with Crippen molar-refractivity contribution in [2.24, 2.45) is 0 Å². The lowest BCUT2D eigenvalue weighted by Gasteiger charge is -2.23. The summed E-state index contributed by atoms with van der Waals surface area (Å²) in [6.07, 6.45) is 0. The zero-order valence-electron chi connectivity index (χ0n) is 12.1. The van der Waals surface area contributed by atoms with Gasteiger partial charge < -0.3 is 4.90 Å². The van der Waals surface area contributed by atoms with E-state index in [9.17, 15) is 4.79 Å².